The third kappa shape index (κ3) is 4.77. The lowest BCUT2D eigenvalue weighted by atomic mass is 10.2. The Balaban J connectivity index is 0.000000386. The molecule has 0 amide bonds. The van der Waals surface area contributed by atoms with Crippen LogP contribution in [0, 0.1) is 0 Å². The third-order valence-corrected chi connectivity index (χ3v) is 2.99. The number of rotatable bonds is 2. The number of likely N-dealkylation sites (tertiary alicyclic amines) is 1. The molecule has 0 aromatic heterocycles. The molecule has 88 valence electrons. The molecule has 1 heterocycles. The van der Waals surface area contributed by atoms with Crippen LogP contribution in [0.25, 0.3) is 0 Å². The fourth-order valence-electron chi connectivity index (χ4n) is 1.83. The van der Waals surface area contributed by atoms with Crippen LogP contribution in [-0.4, -0.2) is 29.6 Å². The van der Waals surface area contributed by atoms with E-state index in [-0.39, 0.29) is 6.47 Å². The Morgan fingerprint density at radius 3 is 2.56 bits per heavy atom. The van der Waals surface area contributed by atoms with Gasteiger partial charge in [-0.25, -0.2) is 0 Å². The molecule has 3 nitrogen and oxygen atoms in total. The summed E-state index contributed by atoms with van der Waals surface area (Å²) in [6.45, 7) is 3.40. The van der Waals surface area contributed by atoms with E-state index in [0.717, 1.165) is 6.54 Å². The second-order valence-electron chi connectivity index (χ2n) is 3.72. The molecule has 16 heavy (non-hydrogen) atoms. The summed E-state index contributed by atoms with van der Waals surface area (Å²) in [4.78, 5) is 10.9. The first kappa shape index (κ1) is 13.2. The van der Waals surface area contributed by atoms with Crippen LogP contribution in [0.15, 0.2) is 28.7 Å². The zero-order valence-corrected chi connectivity index (χ0v) is 10.7. The van der Waals surface area contributed by atoms with E-state index in [1.54, 1.807) is 0 Å². The van der Waals surface area contributed by atoms with Gasteiger partial charge in [0.2, 0.25) is 0 Å². The summed E-state index contributed by atoms with van der Waals surface area (Å²) in [6.07, 6.45) is 2.74. The van der Waals surface area contributed by atoms with Crippen LogP contribution in [0.3, 0.4) is 0 Å². The Bertz CT molecular complexity index is 325. The van der Waals surface area contributed by atoms with Crippen LogP contribution < -0.4 is 0 Å². The molecule has 1 aromatic carbocycles. The number of hydrogen-bond donors (Lipinski definition) is 1. The zero-order chi connectivity index (χ0) is 11.8. The molecule has 0 atom stereocenters. The van der Waals surface area contributed by atoms with E-state index in [9.17, 15) is 0 Å². The van der Waals surface area contributed by atoms with E-state index >= 15 is 0 Å². The SMILES string of the molecule is Brc1cccc(CN2CCCC2)c1.O=CO. The number of carboxylic acid groups (broad SMARTS) is 1. The molecule has 0 radical (unpaired) electrons. The molecule has 1 saturated heterocycles. The molecule has 0 unspecified atom stereocenters. The molecule has 0 bridgehead atoms. The molecule has 0 aliphatic carbocycles. The van der Waals surface area contributed by atoms with Gasteiger partial charge in [-0.2, -0.15) is 0 Å². The molecule has 1 fully saturated rings. The second-order valence-corrected chi connectivity index (χ2v) is 4.63. The van der Waals surface area contributed by atoms with Crippen molar-refractivity contribution in [1.82, 2.24) is 4.90 Å². The third-order valence-electron chi connectivity index (χ3n) is 2.49. The first-order chi connectivity index (χ1) is 7.76. The van der Waals surface area contributed by atoms with Crippen molar-refractivity contribution in [1.29, 1.82) is 0 Å². The molecular weight excluding hydrogens is 270 g/mol. The molecule has 0 saturated carbocycles. The smallest absolute Gasteiger partial charge is 0.290 e. The molecule has 1 aromatic rings. The summed E-state index contributed by atoms with van der Waals surface area (Å²) in [6, 6.07) is 8.59. The van der Waals surface area contributed by atoms with E-state index in [4.69, 9.17) is 9.90 Å². The summed E-state index contributed by atoms with van der Waals surface area (Å²) < 4.78 is 1.18. The van der Waals surface area contributed by atoms with Crippen molar-refractivity contribution in [2.24, 2.45) is 0 Å². The van der Waals surface area contributed by atoms with Crippen LogP contribution in [0.5, 0.6) is 0 Å². The Kier molecular flexibility index (Phi) is 6.11. The van der Waals surface area contributed by atoms with Crippen LogP contribution in [0.1, 0.15) is 18.4 Å². The van der Waals surface area contributed by atoms with Gasteiger partial charge in [0.05, 0.1) is 0 Å². The summed E-state index contributed by atoms with van der Waals surface area (Å²) in [5.74, 6) is 0. The van der Waals surface area contributed by atoms with Crippen LogP contribution >= 0.6 is 15.9 Å². The van der Waals surface area contributed by atoms with Crippen molar-refractivity contribution in [2.75, 3.05) is 13.1 Å². The van der Waals surface area contributed by atoms with Crippen molar-refractivity contribution in [3.05, 3.63) is 34.3 Å². The fraction of sp³-hybridized carbons (Fsp3) is 0.417. The Morgan fingerprint density at radius 1 is 1.38 bits per heavy atom. The minimum Gasteiger partial charge on any atom is -0.483 e. The standard InChI is InChI=1S/C11H14BrN.CH2O2/c12-11-5-3-4-10(8-11)9-13-6-1-2-7-13;2-1-3/h3-5,8H,1-2,6-7,9H2;1H,(H,2,3). The molecule has 4 heteroatoms. The lowest BCUT2D eigenvalue weighted by Crippen LogP contribution is -2.18. The maximum absolute atomic E-state index is 8.36. The largest absolute Gasteiger partial charge is 0.483 e. The van der Waals surface area contributed by atoms with Gasteiger partial charge in [-0.3, -0.25) is 9.69 Å². The van der Waals surface area contributed by atoms with E-state index in [1.165, 1.54) is 36.0 Å². The lowest BCUT2D eigenvalue weighted by Gasteiger charge is -2.14. The topological polar surface area (TPSA) is 40.5 Å². The van der Waals surface area contributed by atoms with Crippen molar-refractivity contribution in [2.45, 2.75) is 19.4 Å². The number of nitrogens with zero attached hydrogens (tertiary/aromatic N) is 1. The molecule has 1 aliphatic rings. The van der Waals surface area contributed by atoms with Crippen LogP contribution in [-0.2, 0) is 11.3 Å². The van der Waals surface area contributed by atoms with Gasteiger partial charge in [-0.1, -0.05) is 28.1 Å². The molecule has 2 rings (SSSR count). The van der Waals surface area contributed by atoms with Gasteiger partial charge in [0.1, 0.15) is 0 Å². The Hall–Kier alpha value is -0.870. The maximum atomic E-state index is 8.36. The van der Waals surface area contributed by atoms with Gasteiger partial charge in [-0.15, -0.1) is 0 Å². The Morgan fingerprint density at radius 2 is 2.00 bits per heavy atom. The monoisotopic (exact) mass is 285 g/mol. The zero-order valence-electron chi connectivity index (χ0n) is 9.10. The first-order valence-corrected chi connectivity index (χ1v) is 6.10. The van der Waals surface area contributed by atoms with Crippen molar-refractivity contribution in [3.63, 3.8) is 0 Å². The summed E-state index contributed by atoms with van der Waals surface area (Å²) in [7, 11) is 0. The maximum Gasteiger partial charge on any atom is 0.290 e. The average Bonchev–Trinajstić information content (AvgIpc) is 2.71. The highest BCUT2D eigenvalue weighted by atomic mass is 79.9. The van der Waals surface area contributed by atoms with E-state index in [0.29, 0.717) is 0 Å². The fourth-order valence-corrected chi connectivity index (χ4v) is 2.28. The second kappa shape index (κ2) is 7.41. The highest BCUT2D eigenvalue weighted by Gasteiger charge is 2.11. The summed E-state index contributed by atoms with van der Waals surface area (Å²) >= 11 is 3.49. The van der Waals surface area contributed by atoms with Crippen LogP contribution in [0.4, 0.5) is 0 Å². The van der Waals surface area contributed by atoms with E-state index in [1.807, 2.05) is 0 Å². The Labute approximate surface area is 104 Å². The number of halogens is 1. The van der Waals surface area contributed by atoms with Gasteiger partial charge in [0.15, 0.2) is 0 Å². The van der Waals surface area contributed by atoms with Crippen LogP contribution in [0.2, 0.25) is 0 Å². The predicted octanol–water partition coefficient (Wildman–Crippen LogP) is 2.75. The minimum absolute atomic E-state index is 0.250. The molecular formula is C12H16BrNO2. The highest BCUT2D eigenvalue weighted by molar-refractivity contribution is 9.10. The minimum atomic E-state index is -0.250. The van der Waals surface area contributed by atoms with Gasteiger partial charge in [-0.05, 0) is 43.6 Å². The average molecular weight is 286 g/mol. The normalized spacial score (nSPS) is 15.3. The summed E-state index contributed by atoms with van der Waals surface area (Å²) in [5.41, 5.74) is 1.41. The van der Waals surface area contributed by atoms with Gasteiger partial charge >= 0.3 is 0 Å². The lowest BCUT2D eigenvalue weighted by molar-refractivity contribution is -0.122. The summed E-state index contributed by atoms with van der Waals surface area (Å²) in [5, 5.41) is 6.89. The quantitative estimate of drug-likeness (QED) is 0.850. The van der Waals surface area contributed by atoms with E-state index in [2.05, 4.69) is 45.1 Å². The highest BCUT2D eigenvalue weighted by Crippen LogP contribution is 2.16. The number of carbonyl (C=O) groups is 1. The number of hydrogen-bond acceptors (Lipinski definition) is 2. The van der Waals surface area contributed by atoms with Gasteiger partial charge in [0, 0.05) is 11.0 Å². The van der Waals surface area contributed by atoms with Crippen molar-refractivity contribution in [3.8, 4) is 0 Å². The molecule has 1 N–H and O–H groups in total. The van der Waals surface area contributed by atoms with Gasteiger partial charge in [0.25, 0.3) is 6.47 Å². The molecule has 1 aliphatic heterocycles. The number of benzene rings is 1. The van der Waals surface area contributed by atoms with Gasteiger partial charge < -0.3 is 5.11 Å². The van der Waals surface area contributed by atoms with E-state index < -0.39 is 0 Å². The molecule has 0 spiro atoms. The van der Waals surface area contributed by atoms with Crippen molar-refractivity contribution < 1.29 is 9.90 Å². The first-order valence-electron chi connectivity index (χ1n) is 5.31. The predicted molar refractivity (Wildman–Crippen MR) is 67.3 cm³/mol. The van der Waals surface area contributed by atoms with Crippen molar-refractivity contribution >= 4 is 22.4 Å².